The summed E-state index contributed by atoms with van der Waals surface area (Å²) in [5.41, 5.74) is 1.16. The standard InChI is InChI=1S/C11H18N2O/c1-4-5-13-9(2)10-6-11(14-3)8-12-7-10/h6-9,13H,4-5H2,1-3H3. The topological polar surface area (TPSA) is 34.2 Å². The van der Waals surface area contributed by atoms with Gasteiger partial charge >= 0.3 is 0 Å². The first-order chi connectivity index (χ1) is 6.77. The number of aromatic nitrogens is 1. The summed E-state index contributed by atoms with van der Waals surface area (Å²) in [5, 5.41) is 3.40. The van der Waals surface area contributed by atoms with Crippen molar-refractivity contribution in [3.05, 3.63) is 24.0 Å². The van der Waals surface area contributed by atoms with Gasteiger partial charge in [0.1, 0.15) is 5.75 Å². The van der Waals surface area contributed by atoms with E-state index in [0.29, 0.717) is 6.04 Å². The number of pyridine rings is 1. The molecule has 0 aromatic carbocycles. The summed E-state index contributed by atoms with van der Waals surface area (Å²) >= 11 is 0. The molecule has 0 amide bonds. The molecule has 0 bridgehead atoms. The Morgan fingerprint density at radius 1 is 1.50 bits per heavy atom. The highest BCUT2D eigenvalue weighted by molar-refractivity contribution is 5.25. The predicted octanol–water partition coefficient (Wildman–Crippen LogP) is 2.15. The van der Waals surface area contributed by atoms with Crippen LogP contribution in [0.1, 0.15) is 31.9 Å². The van der Waals surface area contributed by atoms with Gasteiger partial charge < -0.3 is 10.1 Å². The normalized spacial score (nSPS) is 12.5. The SMILES string of the molecule is CCCNC(C)c1cncc(OC)c1. The fourth-order valence-corrected chi connectivity index (χ4v) is 1.26. The lowest BCUT2D eigenvalue weighted by Gasteiger charge is -2.13. The highest BCUT2D eigenvalue weighted by Gasteiger charge is 2.05. The molecule has 1 atom stereocenters. The molecule has 0 fully saturated rings. The second kappa shape index (κ2) is 5.60. The molecule has 1 heterocycles. The van der Waals surface area contributed by atoms with Gasteiger partial charge in [-0.2, -0.15) is 0 Å². The van der Waals surface area contributed by atoms with E-state index in [2.05, 4.69) is 24.1 Å². The average molecular weight is 194 g/mol. The predicted molar refractivity (Wildman–Crippen MR) is 57.5 cm³/mol. The summed E-state index contributed by atoms with van der Waals surface area (Å²) in [5.74, 6) is 0.813. The maximum absolute atomic E-state index is 5.12. The lowest BCUT2D eigenvalue weighted by atomic mass is 10.1. The molecule has 14 heavy (non-hydrogen) atoms. The van der Waals surface area contributed by atoms with Crippen LogP contribution in [0.15, 0.2) is 18.5 Å². The van der Waals surface area contributed by atoms with Gasteiger partial charge in [-0.3, -0.25) is 4.98 Å². The molecule has 3 heteroatoms. The number of ether oxygens (including phenoxy) is 1. The first kappa shape index (κ1) is 11.0. The fourth-order valence-electron chi connectivity index (χ4n) is 1.26. The van der Waals surface area contributed by atoms with Gasteiger partial charge in [-0.1, -0.05) is 6.92 Å². The molecule has 0 saturated carbocycles. The first-order valence-electron chi connectivity index (χ1n) is 5.00. The highest BCUT2D eigenvalue weighted by atomic mass is 16.5. The molecule has 1 unspecified atom stereocenters. The van der Waals surface area contributed by atoms with Crippen molar-refractivity contribution in [3.63, 3.8) is 0 Å². The van der Waals surface area contributed by atoms with Gasteiger partial charge in [-0.05, 0) is 31.5 Å². The van der Waals surface area contributed by atoms with Crippen molar-refractivity contribution in [1.82, 2.24) is 10.3 Å². The van der Waals surface area contributed by atoms with E-state index in [-0.39, 0.29) is 0 Å². The molecule has 0 aliphatic rings. The van der Waals surface area contributed by atoms with Crippen LogP contribution in [0.2, 0.25) is 0 Å². The lowest BCUT2D eigenvalue weighted by Crippen LogP contribution is -2.19. The van der Waals surface area contributed by atoms with Gasteiger partial charge in [0.05, 0.1) is 13.3 Å². The van der Waals surface area contributed by atoms with Gasteiger partial charge in [-0.25, -0.2) is 0 Å². The Kier molecular flexibility index (Phi) is 4.40. The van der Waals surface area contributed by atoms with Gasteiger partial charge in [0, 0.05) is 12.2 Å². The minimum absolute atomic E-state index is 0.331. The smallest absolute Gasteiger partial charge is 0.137 e. The Balaban J connectivity index is 2.64. The van der Waals surface area contributed by atoms with E-state index in [4.69, 9.17) is 4.74 Å². The number of nitrogens with one attached hydrogen (secondary N) is 1. The van der Waals surface area contributed by atoms with E-state index < -0.39 is 0 Å². The Morgan fingerprint density at radius 2 is 2.29 bits per heavy atom. The Labute approximate surface area is 85.5 Å². The number of rotatable bonds is 5. The van der Waals surface area contributed by atoms with Gasteiger partial charge in [0.2, 0.25) is 0 Å². The molecule has 0 aliphatic heterocycles. The Morgan fingerprint density at radius 3 is 2.93 bits per heavy atom. The van der Waals surface area contributed by atoms with Crippen molar-refractivity contribution in [2.75, 3.05) is 13.7 Å². The highest BCUT2D eigenvalue weighted by Crippen LogP contribution is 2.16. The minimum atomic E-state index is 0.331. The van der Waals surface area contributed by atoms with Crippen LogP contribution in [0, 0.1) is 0 Å². The van der Waals surface area contributed by atoms with E-state index in [1.54, 1.807) is 13.3 Å². The zero-order valence-electron chi connectivity index (χ0n) is 9.08. The minimum Gasteiger partial charge on any atom is -0.495 e. The molecular formula is C11H18N2O. The fraction of sp³-hybridized carbons (Fsp3) is 0.545. The van der Waals surface area contributed by atoms with Crippen LogP contribution in [-0.2, 0) is 0 Å². The van der Waals surface area contributed by atoms with Crippen molar-refractivity contribution in [2.24, 2.45) is 0 Å². The summed E-state index contributed by atoms with van der Waals surface area (Å²) < 4.78 is 5.12. The molecule has 0 spiro atoms. The third-order valence-electron chi connectivity index (χ3n) is 2.17. The average Bonchev–Trinajstić information content (AvgIpc) is 2.26. The zero-order chi connectivity index (χ0) is 10.4. The van der Waals surface area contributed by atoms with Crippen molar-refractivity contribution in [2.45, 2.75) is 26.3 Å². The number of hydrogen-bond donors (Lipinski definition) is 1. The van der Waals surface area contributed by atoms with E-state index in [0.717, 1.165) is 24.3 Å². The summed E-state index contributed by atoms with van der Waals surface area (Å²) in [4.78, 5) is 4.12. The summed E-state index contributed by atoms with van der Waals surface area (Å²) in [6, 6.07) is 2.35. The van der Waals surface area contributed by atoms with E-state index >= 15 is 0 Å². The van der Waals surface area contributed by atoms with E-state index in [1.165, 1.54) is 0 Å². The van der Waals surface area contributed by atoms with Crippen LogP contribution in [-0.4, -0.2) is 18.6 Å². The Hall–Kier alpha value is -1.09. The number of hydrogen-bond acceptors (Lipinski definition) is 3. The maximum atomic E-state index is 5.12. The molecule has 1 aromatic heterocycles. The Bertz CT molecular complexity index is 276. The maximum Gasteiger partial charge on any atom is 0.137 e. The molecule has 3 nitrogen and oxygen atoms in total. The zero-order valence-corrected chi connectivity index (χ0v) is 9.08. The molecule has 1 N–H and O–H groups in total. The second-order valence-electron chi connectivity index (χ2n) is 3.33. The van der Waals surface area contributed by atoms with Crippen LogP contribution in [0.3, 0.4) is 0 Å². The van der Waals surface area contributed by atoms with Crippen LogP contribution >= 0.6 is 0 Å². The largest absolute Gasteiger partial charge is 0.495 e. The van der Waals surface area contributed by atoms with E-state index in [9.17, 15) is 0 Å². The molecule has 78 valence electrons. The summed E-state index contributed by atoms with van der Waals surface area (Å²) in [6.45, 7) is 5.31. The van der Waals surface area contributed by atoms with Gasteiger partial charge in [0.25, 0.3) is 0 Å². The van der Waals surface area contributed by atoms with Crippen molar-refractivity contribution in [3.8, 4) is 5.75 Å². The van der Waals surface area contributed by atoms with Crippen LogP contribution < -0.4 is 10.1 Å². The van der Waals surface area contributed by atoms with Crippen LogP contribution in [0.4, 0.5) is 0 Å². The molecule has 0 saturated heterocycles. The monoisotopic (exact) mass is 194 g/mol. The second-order valence-corrected chi connectivity index (χ2v) is 3.33. The lowest BCUT2D eigenvalue weighted by molar-refractivity contribution is 0.411. The van der Waals surface area contributed by atoms with Crippen molar-refractivity contribution >= 4 is 0 Å². The first-order valence-corrected chi connectivity index (χ1v) is 5.00. The van der Waals surface area contributed by atoms with Crippen molar-refractivity contribution in [1.29, 1.82) is 0 Å². The van der Waals surface area contributed by atoms with Crippen LogP contribution in [0.25, 0.3) is 0 Å². The van der Waals surface area contributed by atoms with E-state index in [1.807, 2.05) is 12.3 Å². The van der Waals surface area contributed by atoms with Crippen LogP contribution in [0.5, 0.6) is 5.75 Å². The molecular weight excluding hydrogens is 176 g/mol. The quantitative estimate of drug-likeness (QED) is 0.780. The van der Waals surface area contributed by atoms with Crippen molar-refractivity contribution < 1.29 is 4.74 Å². The van der Waals surface area contributed by atoms with Gasteiger partial charge in [-0.15, -0.1) is 0 Å². The third-order valence-corrected chi connectivity index (χ3v) is 2.17. The molecule has 0 radical (unpaired) electrons. The molecule has 0 aliphatic carbocycles. The number of methoxy groups -OCH3 is 1. The number of nitrogens with zero attached hydrogens (tertiary/aromatic N) is 1. The summed E-state index contributed by atoms with van der Waals surface area (Å²) in [7, 11) is 1.66. The summed E-state index contributed by atoms with van der Waals surface area (Å²) in [6.07, 6.45) is 4.73. The molecule has 1 aromatic rings. The molecule has 1 rings (SSSR count). The van der Waals surface area contributed by atoms with Gasteiger partial charge in [0.15, 0.2) is 0 Å². The third kappa shape index (κ3) is 3.00.